The van der Waals surface area contributed by atoms with E-state index < -0.39 is 0 Å². The second-order valence-electron chi connectivity index (χ2n) is 8.53. The van der Waals surface area contributed by atoms with E-state index in [0.717, 1.165) is 58.3 Å². The summed E-state index contributed by atoms with van der Waals surface area (Å²) in [5.41, 5.74) is 0. The lowest BCUT2D eigenvalue weighted by atomic mass is 9.92. The number of amides is 2. The van der Waals surface area contributed by atoms with Gasteiger partial charge in [0.05, 0.1) is 5.92 Å². The number of hydrogen-bond acceptors (Lipinski definition) is 3. The van der Waals surface area contributed by atoms with Crippen molar-refractivity contribution in [2.75, 3.05) is 33.4 Å². The van der Waals surface area contributed by atoms with Gasteiger partial charge in [-0.05, 0) is 44.4 Å². The number of ether oxygens (including phenoxy) is 1. The van der Waals surface area contributed by atoms with Crippen molar-refractivity contribution in [2.45, 2.75) is 76.7 Å². The van der Waals surface area contributed by atoms with Gasteiger partial charge < -0.3 is 14.5 Å². The number of hydrogen-bond donors (Lipinski definition) is 0. The van der Waals surface area contributed by atoms with E-state index in [4.69, 9.17) is 4.74 Å². The molecule has 0 aromatic carbocycles. The molecular formula is C21H36N2O3. The minimum Gasteiger partial charge on any atom is -0.381 e. The van der Waals surface area contributed by atoms with Gasteiger partial charge in [0.1, 0.15) is 0 Å². The van der Waals surface area contributed by atoms with Crippen LogP contribution >= 0.6 is 0 Å². The fourth-order valence-corrected chi connectivity index (χ4v) is 4.83. The fourth-order valence-electron chi connectivity index (χ4n) is 4.83. The van der Waals surface area contributed by atoms with E-state index in [1.165, 1.54) is 25.7 Å². The van der Waals surface area contributed by atoms with E-state index in [0.29, 0.717) is 24.9 Å². The molecule has 3 aliphatic rings. The first-order chi connectivity index (χ1) is 12.6. The zero-order valence-corrected chi connectivity index (χ0v) is 16.5. The molecule has 5 heteroatoms. The van der Waals surface area contributed by atoms with Crippen LogP contribution < -0.4 is 0 Å². The molecule has 26 heavy (non-hydrogen) atoms. The van der Waals surface area contributed by atoms with Gasteiger partial charge in [-0.1, -0.05) is 25.7 Å². The summed E-state index contributed by atoms with van der Waals surface area (Å²) in [6.07, 6.45) is 11.8. The highest BCUT2D eigenvalue weighted by atomic mass is 16.5. The number of rotatable bonds is 5. The second-order valence-corrected chi connectivity index (χ2v) is 8.53. The maximum atomic E-state index is 12.9. The summed E-state index contributed by atoms with van der Waals surface area (Å²) in [6.45, 7) is 3.20. The van der Waals surface area contributed by atoms with Gasteiger partial charge in [0.25, 0.3) is 0 Å². The Labute approximate surface area is 158 Å². The predicted molar refractivity (Wildman–Crippen MR) is 102 cm³/mol. The SMILES string of the molecule is CN(CCC1CCOCC1)C(=O)[C@@H]1CCC(=O)N(C2CCCCCC2)C1. The smallest absolute Gasteiger partial charge is 0.227 e. The van der Waals surface area contributed by atoms with Gasteiger partial charge in [-0.15, -0.1) is 0 Å². The van der Waals surface area contributed by atoms with Gasteiger partial charge in [-0.25, -0.2) is 0 Å². The van der Waals surface area contributed by atoms with E-state index in [2.05, 4.69) is 4.90 Å². The Hall–Kier alpha value is -1.10. The average Bonchev–Trinajstić information content (AvgIpc) is 2.96. The van der Waals surface area contributed by atoms with Crippen molar-refractivity contribution < 1.29 is 14.3 Å². The third-order valence-electron chi connectivity index (χ3n) is 6.65. The maximum absolute atomic E-state index is 12.9. The minimum absolute atomic E-state index is 0.00403. The van der Waals surface area contributed by atoms with Crippen LogP contribution in [0.4, 0.5) is 0 Å². The summed E-state index contributed by atoms with van der Waals surface area (Å²) in [6, 6.07) is 0.369. The van der Waals surface area contributed by atoms with Crippen LogP contribution in [-0.4, -0.2) is 61.0 Å². The molecule has 2 heterocycles. The highest BCUT2D eigenvalue weighted by molar-refractivity contribution is 5.84. The Balaban J connectivity index is 1.50. The highest BCUT2D eigenvalue weighted by Gasteiger charge is 2.35. The molecular weight excluding hydrogens is 328 g/mol. The molecule has 148 valence electrons. The Bertz CT molecular complexity index is 468. The van der Waals surface area contributed by atoms with Gasteiger partial charge in [-0.2, -0.15) is 0 Å². The van der Waals surface area contributed by atoms with Crippen LogP contribution in [0.25, 0.3) is 0 Å². The summed E-state index contributed by atoms with van der Waals surface area (Å²) in [5, 5.41) is 0. The summed E-state index contributed by atoms with van der Waals surface area (Å²) in [4.78, 5) is 29.4. The molecule has 0 unspecified atom stereocenters. The zero-order chi connectivity index (χ0) is 18.4. The van der Waals surface area contributed by atoms with Crippen LogP contribution in [0.1, 0.15) is 70.6 Å². The first kappa shape index (κ1) is 19.7. The maximum Gasteiger partial charge on any atom is 0.227 e. The monoisotopic (exact) mass is 364 g/mol. The molecule has 2 aliphatic heterocycles. The molecule has 1 saturated carbocycles. The van der Waals surface area contributed by atoms with Crippen LogP contribution in [0.3, 0.4) is 0 Å². The summed E-state index contributed by atoms with van der Waals surface area (Å²) in [7, 11) is 1.94. The molecule has 2 amide bonds. The molecule has 1 atom stereocenters. The Morgan fingerprint density at radius 2 is 1.77 bits per heavy atom. The molecule has 0 spiro atoms. The Morgan fingerprint density at radius 3 is 2.46 bits per heavy atom. The van der Waals surface area contributed by atoms with Gasteiger partial charge in [0.2, 0.25) is 11.8 Å². The fraction of sp³-hybridized carbons (Fsp3) is 0.905. The lowest BCUT2D eigenvalue weighted by Gasteiger charge is -2.38. The minimum atomic E-state index is -0.00403. The van der Waals surface area contributed by atoms with Gasteiger partial charge in [0, 0.05) is 45.8 Å². The van der Waals surface area contributed by atoms with Crippen LogP contribution in [0, 0.1) is 11.8 Å². The number of likely N-dealkylation sites (tertiary alicyclic amines) is 1. The van der Waals surface area contributed by atoms with Crippen LogP contribution in [-0.2, 0) is 14.3 Å². The van der Waals surface area contributed by atoms with E-state index >= 15 is 0 Å². The van der Waals surface area contributed by atoms with E-state index in [9.17, 15) is 9.59 Å². The molecule has 2 saturated heterocycles. The predicted octanol–water partition coefficient (Wildman–Crippen LogP) is 3.22. The first-order valence-corrected chi connectivity index (χ1v) is 10.8. The Kier molecular flexibility index (Phi) is 7.35. The molecule has 3 rings (SSSR count). The van der Waals surface area contributed by atoms with Crippen molar-refractivity contribution in [1.82, 2.24) is 9.80 Å². The molecule has 0 radical (unpaired) electrons. The van der Waals surface area contributed by atoms with Crippen LogP contribution in [0.2, 0.25) is 0 Å². The number of nitrogens with zero attached hydrogens (tertiary/aromatic N) is 2. The average molecular weight is 365 g/mol. The lowest BCUT2D eigenvalue weighted by molar-refractivity contribution is -0.144. The van der Waals surface area contributed by atoms with Crippen LogP contribution in [0.15, 0.2) is 0 Å². The number of carbonyl (C=O) groups excluding carboxylic acids is 2. The van der Waals surface area contributed by atoms with Crippen LogP contribution in [0.5, 0.6) is 0 Å². The highest BCUT2D eigenvalue weighted by Crippen LogP contribution is 2.28. The van der Waals surface area contributed by atoms with Crippen molar-refractivity contribution in [2.24, 2.45) is 11.8 Å². The molecule has 0 aromatic heterocycles. The van der Waals surface area contributed by atoms with Gasteiger partial charge in [0.15, 0.2) is 0 Å². The number of piperidine rings is 1. The lowest BCUT2D eigenvalue weighted by Crippen LogP contribution is -2.50. The van der Waals surface area contributed by atoms with Crippen molar-refractivity contribution in [3.05, 3.63) is 0 Å². The van der Waals surface area contributed by atoms with Crippen molar-refractivity contribution in [1.29, 1.82) is 0 Å². The van der Waals surface area contributed by atoms with Crippen molar-refractivity contribution >= 4 is 11.8 Å². The topological polar surface area (TPSA) is 49.9 Å². The first-order valence-electron chi connectivity index (χ1n) is 10.8. The van der Waals surface area contributed by atoms with Crippen molar-refractivity contribution in [3.8, 4) is 0 Å². The molecule has 0 N–H and O–H groups in total. The molecule has 0 bridgehead atoms. The summed E-state index contributed by atoms with van der Waals surface area (Å²) in [5.74, 6) is 1.19. The van der Waals surface area contributed by atoms with E-state index in [-0.39, 0.29) is 17.7 Å². The largest absolute Gasteiger partial charge is 0.381 e. The summed E-state index contributed by atoms with van der Waals surface area (Å²) >= 11 is 0. The van der Waals surface area contributed by atoms with E-state index in [1.54, 1.807) is 0 Å². The van der Waals surface area contributed by atoms with E-state index in [1.807, 2.05) is 11.9 Å². The molecule has 0 aromatic rings. The second kappa shape index (κ2) is 9.72. The normalized spacial score (nSPS) is 26.6. The molecule has 3 fully saturated rings. The third kappa shape index (κ3) is 5.21. The van der Waals surface area contributed by atoms with Gasteiger partial charge in [-0.3, -0.25) is 9.59 Å². The van der Waals surface area contributed by atoms with Crippen molar-refractivity contribution in [3.63, 3.8) is 0 Å². The number of carbonyl (C=O) groups is 2. The molecule has 1 aliphatic carbocycles. The molecule has 5 nitrogen and oxygen atoms in total. The third-order valence-corrected chi connectivity index (χ3v) is 6.65. The standard InChI is InChI=1S/C21H36N2O3/c1-22(13-10-17-11-14-26-15-12-17)21(25)18-8-9-20(24)23(16-18)19-6-4-2-3-5-7-19/h17-19H,2-16H2,1H3/t18-/m1/s1. The quantitative estimate of drug-likeness (QED) is 0.704. The Morgan fingerprint density at radius 1 is 1.08 bits per heavy atom. The zero-order valence-electron chi connectivity index (χ0n) is 16.5. The van der Waals surface area contributed by atoms with Gasteiger partial charge >= 0.3 is 0 Å². The summed E-state index contributed by atoms with van der Waals surface area (Å²) < 4.78 is 5.42.